The Morgan fingerprint density at radius 2 is 2.05 bits per heavy atom. The van der Waals surface area contributed by atoms with Crippen LogP contribution in [-0.2, 0) is 14.8 Å². The van der Waals surface area contributed by atoms with Gasteiger partial charge in [-0.05, 0) is 18.1 Å². The molecule has 0 heterocycles. The van der Waals surface area contributed by atoms with E-state index in [0.717, 1.165) is 0 Å². The third-order valence-corrected chi connectivity index (χ3v) is 4.01. The van der Waals surface area contributed by atoms with Crippen LogP contribution in [0.3, 0.4) is 0 Å². The first-order chi connectivity index (χ1) is 8.90. The van der Waals surface area contributed by atoms with Crippen LogP contribution in [0.25, 0.3) is 0 Å². The van der Waals surface area contributed by atoms with E-state index in [9.17, 15) is 8.42 Å². The molecule has 0 aliphatic heterocycles. The predicted octanol–water partition coefficient (Wildman–Crippen LogP) is 0.838. The molecule has 1 aromatic carbocycles. The fourth-order valence-corrected chi connectivity index (χ4v) is 2.89. The second-order valence-electron chi connectivity index (χ2n) is 4.32. The van der Waals surface area contributed by atoms with Gasteiger partial charge in [0.1, 0.15) is 10.6 Å². The van der Waals surface area contributed by atoms with E-state index in [2.05, 4.69) is 4.72 Å². The highest BCUT2D eigenvalue weighted by Crippen LogP contribution is 2.25. The van der Waals surface area contributed by atoms with Crippen LogP contribution in [0.1, 0.15) is 6.92 Å². The summed E-state index contributed by atoms with van der Waals surface area (Å²) in [6.45, 7) is 2.68. The van der Waals surface area contributed by atoms with Crippen molar-refractivity contribution in [3.8, 4) is 5.75 Å². The van der Waals surface area contributed by atoms with Crippen molar-refractivity contribution in [3.63, 3.8) is 0 Å². The van der Waals surface area contributed by atoms with E-state index in [-0.39, 0.29) is 16.6 Å². The Labute approximate surface area is 113 Å². The summed E-state index contributed by atoms with van der Waals surface area (Å²) in [5.74, 6) is 0.312. The van der Waals surface area contributed by atoms with Gasteiger partial charge >= 0.3 is 0 Å². The highest BCUT2D eigenvalue weighted by atomic mass is 32.2. The topological polar surface area (TPSA) is 90.7 Å². The Balaban J connectivity index is 2.88. The number of hydrogen-bond acceptors (Lipinski definition) is 5. The molecule has 0 bridgehead atoms. The maximum Gasteiger partial charge on any atom is 0.244 e. The van der Waals surface area contributed by atoms with Crippen molar-refractivity contribution in [2.24, 2.45) is 5.92 Å². The lowest BCUT2D eigenvalue weighted by Crippen LogP contribution is -2.30. The van der Waals surface area contributed by atoms with Gasteiger partial charge in [-0.15, -0.1) is 0 Å². The van der Waals surface area contributed by atoms with Gasteiger partial charge in [-0.2, -0.15) is 0 Å². The second kappa shape index (κ2) is 6.74. The summed E-state index contributed by atoms with van der Waals surface area (Å²) >= 11 is 0. The number of nitrogens with one attached hydrogen (secondary N) is 1. The largest absolute Gasteiger partial charge is 0.495 e. The summed E-state index contributed by atoms with van der Waals surface area (Å²) in [6, 6.07) is 4.43. The number of nitrogen functional groups attached to an aromatic ring is 1. The average molecular weight is 288 g/mol. The Morgan fingerprint density at radius 1 is 1.37 bits per heavy atom. The summed E-state index contributed by atoms with van der Waals surface area (Å²) in [4.78, 5) is 0.0776. The Morgan fingerprint density at radius 3 is 2.63 bits per heavy atom. The summed E-state index contributed by atoms with van der Waals surface area (Å²) in [5.41, 5.74) is 6.04. The van der Waals surface area contributed by atoms with Crippen molar-refractivity contribution in [1.82, 2.24) is 4.72 Å². The molecule has 0 spiro atoms. The van der Waals surface area contributed by atoms with Crippen molar-refractivity contribution in [1.29, 1.82) is 0 Å². The molecule has 0 aliphatic rings. The number of ether oxygens (including phenoxy) is 2. The third kappa shape index (κ3) is 4.38. The van der Waals surface area contributed by atoms with Crippen LogP contribution in [0.2, 0.25) is 0 Å². The first-order valence-corrected chi connectivity index (χ1v) is 7.31. The molecule has 1 aromatic rings. The van der Waals surface area contributed by atoms with E-state index in [1.807, 2.05) is 6.92 Å². The lowest BCUT2D eigenvalue weighted by atomic mass is 10.2. The van der Waals surface area contributed by atoms with E-state index in [1.54, 1.807) is 7.11 Å². The van der Waals surface area contributed by atoms with E-state index >= 15 is 0 Å². The van der Waals surface area contributed by atoms with E-state index in [1.165, 1.54) is 25.3 Å². The van der Waals surface area contributed by atoms with Crippen LogP contribution in [0.15, 0.2) is 23.1 Å². The molecule has 0 aromatic heterocycles. The van der Waals surface area contributed by atoms with Crippen molar-refractivity contribution < 1.29 is 17.9 Å². The smallest absolute Gasteiger partial charge is 0.244 e. The van der Waals surface area contributed by atoms with E-state index in [0.29, 0.717) is 18.8 Å². The number of anilines is 1. The quantitative estimate of drug-likeness (QED) is 0.725. The van der Waals surface area contributed by atoms with Gasteiger partial charge in [-0.25, -0.2) is 13.1 Å². The zero-order valence-corrected chi connectivity index (χ0v) is 12.2. The van der Waals surface area contributed by atoms with Gasteiger partial charge in [0.15, 0.2) is 0 Å². The van der Waals surface area contributed by atoms with Crippen molar-refractivity contribution in [3.05, 3.63) is 18.2 Å². The molecule has 0 radical (unpaired) electrons. The summed E-state index contributed by atoms with van der Waals surface area (Å²) < 4.78 is 36.8. The average Bonchev–Trinajstić information content (AvgIpc) is 2.36. The highest BCUT2D eigenvalue weighted by Gasteiger charge is 2.20. The summed E-state index contributed by atoms with van der Waals surface area (Å²) in [6.07, 6.45) is 0. The Kier molecular flexibility index (Phi) is 5.59. The molecule has 3 N–H and O–H groups in total. The maximum absolute atomic E-state index is 12.2. The van der Waals surface area contributed by atoms with Gasteiger partial charge in [0.05, 0.1) is 7.11 Å². The molecule has 6 nitrogen and oxygen atoms in total. The molecule has 0 amide bonds. The molecule has 0 aliphatic carbocycles. The van der Waals surface area contributed by atoms with Gasteiger partial charge in [-0.3, -0.25) is 0 Å². The Hall–Kier alpha value is -1.31. The van der Waals surface area contributed by atoms with Gasteiger partial charge in [0.2, 0.25) is 10.0 Å². The minimum absolute atomic E-state index is 0.0776. The number of sulfonamides is 1. The van der Waals surface area contributed by atoms with Crippen LogP contribution < -0.4 is 15.2 Å². The predicted molar refractivity (Wildman–Crippen MR) is 73.6 cm³/mol. The molecular weight excluding hydrogens is 268 g/mol. The fraction of sp³-hybridized carbons (Fsp3) is 0.500. The molecule has 0 saturated carbocycles. The van der Waals surface area contributed by atoms with Gasteiger partial charge in [0.25, 0.3) is 0 Å². The lowest BCUT2D eigenvalue weighted by Gasteiger charge is -2.14. The molecule has 7 heteroatoms. The van der Waals surface area contributed by atoms with E-state index in [4.69, 9.17) is 15.2 Å². The summed E-state index contributed by atoms with van der Waals surface area (Å²) in [7, 11) is -0.638. The van der Waals surface area contributed by atoms with Crippen molar-refractivity contribution >= 4 is 15.7 Å². The van der Waals surface area contributed by atoms with E-state index < -0.39 is 10.0 Å². The number of benzene rings is 1. The first-order valence-electron chi connectivity index (χ1n) is 5.82. The molecule has 1 unspecified atom stereocenters. The number of rotatable bonds is 7. The fourth-order valence-electron chi connectivity index (χ4n) is 1.58. The first kappa shape index (κ1) is 15.7. The second-order valence-corrected chi connectivity index (χ2v) is 6.06. The van der Waals surface area contributed by atoms with Crippen LogP contribution >= 0.6 is 0 Å². The minimum atomic E-state index is -3.62. The van der Waals surface area contributed by atoms with Crippen LogP contribution in [-0.4, -0.2) is 35.8 Å². The monoisotopic (exact) mass is 288 g/mol. The number of methoxy groups -OCH3 is 2. The van der Waals surface area contributed by atoms with Crippen LogP contribution in [0.5, 0.6) is 5.75 Å². The third-order valence-electron chi connectivity index (χ3n) is 2.55. The van der Waals surface area contributed by atoms with Crippen molar-refractivity contribution in [2.75, 3.05) is 33.1 Å². The minimum Gasteiger partial charge on any atom is -0.495 e. The van der Waals surface area contributed by atoms with Gasteiger partial charge in [0, 0.05) is 32.0 Å². The molecule has 1 atom stereocenters. The molecule has 1 rings (SSSR count). The van der Waals surface area contributed by atoms with Crippen LogP contribution in [0, 0.1) is 5.92 Å². The van der Waals surface area contributed by atoms with Gasteiger partial charge < -0.3 is 15.2 Å². The standard InChI is InChI=1S/C12H20N2O4S/c1-9(8-17-2)7-14-19(15,16)12-5-4-10(13)6-11(12)18-3/h4-6,9,14H,7-8,13H2,1-3H3. The molecule has 108 valence electrons. The van der Waals surface area contributed by atoms with Gasteiger partial charge in [-0.1, -0.05) is 6.92 Å². The SMILES string of the molecule is COCC(C)CNS(=O)(=O)c1ccc(N)cc1OC. The number of nitrogens with two attached hydrogens (primary N) is 1. The van der Waals surface area contributed by atoms with Crippen molar-refractivity contribution in [2.45, 2.75) is 11.8 Å². The molecular formula is C12H20N2O4S. The van der Waals surface area contributed by atoms with Crippen LogP contribution in [0.4, 0.5) is 5.69 Å². The molecule has 19 heavy (non-hydrogen) atoms. The zero-order valence-electron chi connectivity index (χ0n) is 11.3. The zero-order chi connectivity index (χ0) is 14.5. The molecule has 0 saturated heterocycles. The lowest BCUT2D eigenvalue weighted by molar-refractivity contribution is 0.161. The Bertz CT molecular complexity index is 516. The normalized spacial score (nSPS) is 13.2. The number of hydrogen-bond donors (Lipinski definition) is 2. The summed E-state index contributed by atoms with van der Waals surface area (Å²) in [5, 5.41) is 0. The molecule has 0 fully saturated rings. The maximum atomic E-state index is 12.2. The highest BCUT2D eigenvalue weighted by molar-refractivity contribution is 7.89.